The van der Waals surface area contributed by atoms with E-state index in [0.29, 0.717) is 17.7 Å². The van der Waals surface area contributed by atoms with Crippen LogP contribution < -0.4 is 16.4 Å². The van der Waals surface area contributed by atoms with Crippen LogP contribution in [0, 0.1) is 0 Å². The van der Waals surface area contributed by atoms with Gasteiger partial charge in [0.2, 0.25) is 5.91 Å². The molecule has 0 spiro atoms. The number of fused-ring (bicyclic) bond motifs is 2. The number of primary amides is 1. The molecule has 2 atom stereocenters. The molecule has 32 heavy (non-hydrogen) atoms. The van der Waals surface area contributed by atoms with Crippen molar-refractivity contribution in [3.63, 3.8) is 0 Å². The van der Waals surface area contributed by atoms with Gasteiger partial charge in [-0.25, -0.2) is 0 Å². The minimum Gasteiger partial charge on any atom is -0.368 e. The maximum atomic E-state index is 13.0. The Hall–Kier alpha value is -3.94. The molecule has 5 rings (SSSR count). The van der Waals surface area contributed by atoms with Gasteiger partial charge in [-0.2, -0.15) is 5.10 Å². The molecule has 0 saturated heterocycles. The van der Waals surface area contributed by atoms with Gasteiger partial charge in [-0.1, -0.05) is 32.1 Å². The number of aromatic amines is 1. The molecular formula is C24H24N6O2. The van der Waals surface area contributed by atoms with Gasteiger partial charge in [0.1, 0.15) is 11.6 Å². The number of aliphatic imine (C=N–C) groups is 1. The number of nitrogens with zero attached hydrogens (tertiary/aromatic N) is 2. The number of rotatable bonds is 4. The van der Waals surface area contributed by atoms with Crippen LogP contribution in [0.3, 0.4) is 0 Å². The zero-order valence-corrected chi connectivity index (χ0v) is 17.8. The average Bonchev–Trinajstić information content (AvgIpc) is 3.24. The van der Waals surface area contributed by atoms with Crippen molar-refractivity contribution in [1.82, 2.24) is 15.5 Å². The number of carbonyl (C=O) groups excluding carboxylic acids is 2. The zero-order valence-electron chi connectivity index (χ0n) is 17.8. The molecule has 2 amide bonds. The van der Waals surface area contributed by atoms with Gasteiger partial charge in [0.25, 0.3) is 5.91 Å². The molecule has 5 N–H and O–H groups in total. The van der Waals surface area contributed by atoms with E-state index in [9.17, 15) is 9.59 Å². The lowest BCUT2D eigenvalue weighted by molar-refractivity contribution is -0.122. The Morgan fingerprint density at radius 3 is 2.88 bits per heavy atom. The van der Waals surface area contributed by atoms with Crippen LogP contribution in [-0.4, -0.2) is 40.9 Å². The number of nitrogens with two attached hydrogens (primary N) is 1. The Balaban J connectivity index is 1.60. The van der Waals surface area contributed by atoms with E-state index in [1.807, 2.05) is 30.3 Å². The molecule has 0 aliphatic carbocycles. The van der Waals surface area contributed by atoms with E-state index in [1.165, 1.54) is 0 Å². The van der Waals surface area contributed by atoms with Gasteiger partial charge in [-0.15, -0.1) is 0 Å². The Kier molecular flexibility index (Phi) is 4.40. The van der Waals surface area contributed by atoms with Crippen molar-refractivity contribution in [1.29, 1.82) is 0 Å². The largest absolute Gasteiger partial charge is 0.368 e. The summed E-state index contributed by atoms with van der Waals surface area (Å²) in [4.78, 5) is 30.2. The zero-order chi connectivity index (χ0) is 22.5. The lowest BCUT2D eigenvalue weighted by atomic mass is 9.72. The van der Waals surface area contributed by atoms with E-state index in [4.69, 9.17) is 5.73 Å². The minimum atomic E-state index is -1.27. The monoisotopic (exact) mass is 428 g/mol. The molecule has 0 radical (unpaired) electrons. The van der Waals surface area contributed by atoms with E-state index < -0.39 is 17.5 Å². The Labute approximate surface area is 185 Å². The minimum absolute atomic E-state index is 0.154. The van der Waals surface area contributed by atoms with Gasteiger partial charge in [-0.05, 0) is 41.5 Å². The van der Waals surface area contributed by atoms with Crippen molar-refractivity contribution in [3.05, 3.63) is 71.4 Å². The van der Waals surface area contributed by atoms with Crippen LogP contribution in [0.2, 0.25) is 0 Å². The highest BCUT2D eigenvalue weighted by Crippen LogP contribution is 2.38. The van der Waals surface area contributed by atoms with Gasteiger partial charge in [0.15, 0.2) is 0 Å². The summed E-state index contributed by atoms with van der Waals surface area (Å²) in [6, 6.07) is 11.3. The molecule has 2 aliphatic heterocycles. The third-order valence-corrected chi connectivity index (χ3v) is 6.43. The third-order valence-electron chi connectivity index (χ3n) is 6.43. The lowest BCUT2D eigenvalue weighted by Gasteiger charge is -2.38. The van der Waals surface area contributed by atoms with Crippen LogP contribution in [0.15, 0.2) is 59.7 Å². The van der Waals surface area contributed by atoms with Gasteiger partial charge < -0.3 is 16.4 Å². The predicted octanol–water partition coefficient (Wildman–Crippen LogP) is 2.39. The number of H-pyrrole nitrogens is 1. The number of amides is 2. The number of aromatic nitrogens is 2. The second-order valence-electron chi connectivity index (χ2n) is 8.94. The summed E-state index contributed by atoms with van der Waals surface area (Å²) in [6.45, 7) is 4.72. The van der Waals surface area contributed by atoms with E-state index in [0.717, 1.165) is 22.2 Å². The van der Waals surface area contributed by atoms with Crippen molar-refractivity contribution in [3.8, 4) is 0 Å². The Bertz CT molecular complexity index is 1300. The number of anilines is 1. The van der Waals surface area contributed by atoms with E-state index in [-0.39, 0.29) is 11.3 Å². The first-order chi connectivity index (χ1) is 15.3. The van der Waals surface area contributed by atoms with E-state index >= 15 is 0 Å². The van der Waals surface area contributed by atoms with Crippen LogP contribution in [0.1, 0.15) is 35.3 Å². The van der Waals surface area contributed by atoms with E-state index in [2.05, 4.69) is 39.7 Å². The molecule has 162 valence electrons. The highest BCUT2D eigenvalue weighted by molar-refractivity contribution is 5.99. The average molecular weight is 428 g/mol. The quantitative estimate of drug-likeness (QED) is 0.509. The number of hydrogen-bond acceptors (Lipinski definition) is 5. The first-order valence-electron chi connectivity index (χ1n) is 10.4. The van der Waals surface area contributed by atoms with Crippen LogP contribution in [-0.2, 0) is 15.6 Å². The molecule has 8 heteroatoms. The van der Waals surface area contributed by atoms with Crippen molar-refractivity contribution < 1.29 is 9.59 Å². The second kappa shape index (κ2) is 7.05. The SMILES string of the molecule is CC1(C)CNC(=O)c2cc(C3(C(N)=O)C=CC=NC3Nc3ccc4cn[nH]c4c3)ccc21. The Morgan fingerprint density at radius 2 is 2.06 bits per heavy atom. The summed E-state index contributed by atoms with van der Waals surface area (Å²) in [5, 5.41) is 14.2. The number of hydrogen-bond donors (Lipinski definition) is 4. The van der Waals surface area contributed by atoms with Gasteiger partial charge >= 0.3 is 0 Å². The summed E-state index contributed by atoms with van der Waals surface area (Å²) >= 11 is 0. The highest BCUT2D eigenvalue weighted by Gasteiger charge is 2.46. The van der Waals surface area contributed by atoms with E-state index in [1.54, 1.807) is 30.6 Å². The molecule has 0 fully saturated rings. The first kappa shape index (κ1) is 20.0. The summed E-state index contributed by atoms with van der Waals surface area (Å²) in [7, 11) is 0. The maximum absolute atomic E-state index is 13.0. The fourth-order valence-electron chi connectivity index (χ4n) is 4.56. The number of benzene rings is 2. The van der Waals surface area contributed by atoms with Crippen LogP contribution in [0.25, 0.3) is 10.9 Å². The number of dihydropyridines is 1. The third kappa shape index (κ3) is 2.98. The van der Waals surface area contributed by atoms with Crippen LogP contribution in [0.4, 0.5) is 5.69 Å². The van der Waals surface area contributed by atoms with Gasteiger partial charge in [0, 0.05) is 34.8 Å². The maximum Gasteiger partial charge on any atom is 0.251 e. The fourth-order valence-corrected chi connectivity index (χ4v) is 4.56. The molecule has 0 saturated carbocycles. The van der Waals surface area contributed by atoms with Crippen LogP contribution >= 0.6 is 0 Å². The second-order valence-corrected chi connectivity index (χ2v) is 8.94. The van der Waals surface area contributed by atoms with Crippen molar-refractivity contribution in [2.24, 2.45) is 10.7 Å². The van der Waals surface area contributed by atoms with Gasteiger partial charge in [0.05, 0.1) is 11.7 Å². The molecule has 3 aromatic rings. The van der Waals surface area contributed by atoms with Crippen molar-refractivity contribution >= 4 is 34.6 Å². The molecule has 2 unspecified atom stereocenters. The molecule has 1 aromatic heterocycles. The highest BCUT2D eigenvalue weighted by atomic mass is 16.2. The number of allylic oxidation sites excluding steroid dienone is 1. The molecular weight excluding hydrogens is 404 g/mol. The topological polar surface area (TPSA) is 125 Å². The van der Waals surface area contributed by atoms with Crippen molar-refractivity contribution in [2.45, 2.75) is 30.8 Å². The Morgan fingerprint density at radius 1 is 1.22 bits per heavy atom. The summed E-state index contributed by atoms with van der Waals surface area (Å²) in [5.74, 6) is -0.709. The first-order valence-corrected chi connectivity index (χ1v) is 10.4. The van der Waals surface area contributed by atoms with Crippen molar-refractivity contribution in [2.75, 3.05) is 11.9 Å². The molecule has 8 nitrogen and oxygen atoms in total. The molecule has 2 aromatic carbocycles. The standard InChI is InChI=1S/C24H24N6O2/c1-23(2)13-27-20(31)17-10-15(5-7-18(17)23)24(21(25)32)8-3-9-26-22(24)29-16-6-4-14-12-28-30-19(14)11-16/h3-12,22,29H,13H2,1-2H3,(H2,25,32)(H,27,31)(H,28,30). The number of carbonyl (C=O) groups is 2. The summed E-state index contributed by atoms with van der Waals surface area (Å²) in [6.07, 6.45) is 6.16. The normalized spacial score (nSPS) is 23.6. The smallest absolute Gasteiger partial charge is 0.251 e. The lowest BCUT2D eigenvalue weighted by Crippen LogP contribution is -2.53. The fraction of sp³-hybridized carbons (Fsp3) is 0.250. The summed E-state index contributed by atoms with van der Waals surface area (Å²) < 4.78 is 0. The van der Waals surface area contributed by atoms with Gasteiger partial charge in [-0.3, -0.25) is 19.7 Å². The predicted molar refractivity (Wildman–Crippen MR) is 124 cm³/mol. The summed E-state index contributed by atoms with van der Waals surface area (Å²) in [5.41, 5.74) is 8.26. The molecule has 0 bridgehead atoms. The van der Waals surface area contributed by atoms with Crippen LogP contribution in [0.5, 0.6) is 0 Å². The molecule has 3 heterocycles. The number of nitrogens with one attached hydrogen (secondary N) is 3. The molecule has 2 aliphatic rings.